The van der Waals surface area contributed by atoms with Crippen LogP contribution in [-0.2, 0) is 15.7 Å². The van der Waals surface area contributed by atoms with Crippen molar-refractivity contribution in [2.75, 3.05) is 4.40 Å². The quantitative estimate of drug-likeness (QED) is 0.600. The predicted octanol–water partition coefficient (Wildman–Crippen LogP) is 1.56. The van der Waals surface area contributed by atoms with Crippen LogP contribution in [0.1, 0.15) is 0 Å². The van der Waals surface area contributed by atoms with Crippen LogP contribution in [0.3, 0.4) is 0 Å². The molecule has 0 spiro atoms. The number of para-hydroxylation sites is 1. The molecule has 8 heavy (non-hydrogen) atoms. The number of rotatable bonds is 1. The van der Waals surface area contributed by atoms with Crippen LogP contribution in [0.4, 0.5) is 5.69 Å². The third kappa shape index (κ3) is 1.24. The van der Waals surface area contributed by atoms with E-state index in [1.165, 1.54) is 0 Å². The molecule has 45 valence electrons. The van der Waals surface area contributed by atoms with Gasteiger partial charge in [-0.3, -0.25) is 0 Å². The first kappa shape index (κ1) is 5.65. The molecule has 0 heterocycles. The Hall–Kier alpha value is -0.486. The molecule has 1 nitrogen and oxygen atoms in total. The standard InChI is InChI=1S/C6H6N.Ni/c7-6-4-2-1-3-5-6;/h1-5,7H;/q-1;+1. The van der Waals surface area contributed by atoms with Gasteiger partial charge in [-0.2, -0.15) is 0 Å². The van der Waals surface area contributed by atoms with Crippen molar-refractivity contribution in [2.45, 2.75) is 0 Å². The molecule has 1 aromatic carbocycles. The number of hydrogen-bond acceptors (Lipinski definition) is 1. The molecular weight excluding hydrogens is 145 g/mol. The normalized spacial score (nSPS) is 8.75. The number of benzene rings is 1. The summed E-state index contributed by atoms with van der Waals surface area (Å²) in [7, 11) is 0. The summed E-state index contributed by atoms with van der Waals surface area (Å²) in [6, 6.07) is 9.72. The van der Waals surface area contributed by atoms with E-state index < -0.39 is 0 Å². The van der Waals surface area contributed by atoms with Gasteiger partial charge in [0.25, 0.3) is 0 Å². The van der Waals surface area contributed by atoms with E-state index in [0.29, 0.717) is 0 Å². The fourth-order valence-electron chi connectivity index (χ4n) is 0.491. The van der Waals surface area contributed by atoms with E-state index >= 15 is 0 Å². The maximum atomic E-state index is 4.30. The van der Waals surface area contributed by atoms with E-state index in [9.17, 15) is 0 Å². The number of anilines is 1. The Morgan fingerprint density at radius 1 is 1.12 bits per heavy atom. The van der Waals surface area contributed by atoms with Gasteiger partial charge in [-0.25, -0.2) is 0 Å². The molecule has 0 unspecified atom stereocenters. The number of hydrogen-bond donors (Lipinski definition) is 1. The van der Waals surface area contributed by atoms with Crippen molar-refractivity contribution in [3.63, 3.8) is 0 Å². The minimum atomic E-state index is 0.993. The molecule has 0 saturated heterocycles. The van der Waals surface area contributed by atoms with Crippen LogP contribution in [0.2, 0.25) is 0 Å². The summed E-state index contributed by atoms with van der Waals surface area (Å²) in [5.74, 6) is 0. The molecule has 0 aromatic heterocycles. The van der Waals surface area contributed by atoms with Crippen LogP contribution in [0.25, 0.3) is 0 Å². The predicted molar refractivity (Wildman–Crippen MR) is 30.1 cm³/mol. The maximum absolute atomic E-state index is 4.30. The summed E-state index contributed by atoms with van der Waals surface area (Å²) in [4.78, 5) is 0. The molecule has 0 fully saturated rings. The zero-order chi connectivity index (χ0) is 5.82. The van der Waals surface area contributed by atoms with Crippen LogP contribution < -0.4 is 4.40 Å². The SMILES string of the molecule is [Ni][NH]c1ccccc1. The van der Waals surface area contributed by atoms with Crippen molar-refractivity contribution < 1.29 is 15.7 Å². The molecule has 1 N–H and O–H groups in total. The Labute approximate surface area is 56.7 Å². The molecule has 0 aliphatic carbocycles. The van der Waals surface area contributed by atoms with Gasteiger partial charge in [0.1, 0.15) is 0 Å². The first-order chi connectivity index (χ1) is 3.93. The fourth-order valence-corrected chi connectivity index (χ4v) is 0.655. The monoisotopic (exact) mass is 150 g/mol. The Kier molecular flexibility index (Phi) is 1.93. The van der Waals surface area contributed by atoms with E-state index in [4.69, 9.17) is 0 Å². The van der Waals surface area contributed by atoms with Crippen molar-refractivity contribution >= 4 is 5.69 Å². The molecule has 0 amide bonds. The van der Waals surface area contributed by atoms with Gasteiger partial charge in [-0.05, 0) is 0 Å². The third-order valence-corrected chi connectivity index (χ3v) is 1.15. The second kappa shape index (κ2) is 2.73. The average Bonchev–Trinajstić information content (AvgIpc) is 1.90. The zero-order valence-corrected chi connectivity index (χ0v) is 5.19. The van der Waals surface area contributed by atoms with E-state index in [1.54, 1.807) is 0 Å². The number of nitrogens with one attached hydrogen (secondary N) is 1. The summed E-state index contributed by atoms with van der Waals surface area (Å²) in [6.07, 6.45) is 0. The fraction of sp³-hybridized carbons (Fsp3) is 0. The van der Waals surface area contributed by atoms with E-state index in [0.717, 1.165) is 5.69 Å². The summed E-state index contributed by atoms with van der Waals surface area (Å²) >= 11 is 4.30. The minimum absolute atomic E-state index is 0.993. The van der Waals surface area contributed by atoms with Gasteiger partial charge in [0.05, 0.1) is 0 Å². The van der Waals surface area contributed by atoms with E-state index in [1.807, 2.05) is 30.3 Å². The van der Waals surface area contributed by atoms with Gasteiger partial charge in [0.15, 0.2) is 0 Å². The summed E-state index contributed by atoms with van der Waals surface area (Å²) in [5.41, 5.74) is 0.993. The average molecular weight is 151 g/mol. The Bertz CT molecular complexity index is 150. The summed E-state index contributed by atoms with van der Waals surface area (Å²) < 4.78 is 2.65. The molecule has 2 heteroatoms. The van der Waals surface area contributed by atoms with Crippen molar-refractivity contribution in [3.05, 3.63) is 30.3 Å². The van der Waals surface area contributed by atoms with Crippen LogP contribution in [0.15, 0.2) is 30.3 Å². The Morgan fingerprint density at radius 3 is 2.12 bits per heavy atom. The van der Waals surface area contributed by atoms with Gasteiger partial charge in [0, 0.05) is 0 Å². The van der Waals surface area contributed by atoms with Crippen molar-refractivity contribution in [1.29, 1.82) is 0 Å². The van der Waals surface area contributed by atoms with Crippen molar-refractivity contribution in [1.82, 2.24) is 0 Å². The molecule has 0 bridgehead atoms. The zero-order valence-electron chi connectivity index (χ0n) is 4.20. The van der Waals surface area contributed by atoms with Gasteiger partial charge in [-0.1, -0.05) is 0 Å². The van der Waals surface area contributed by atoms with Crippen LogP contribution in [0.5, 0.6) is 0 Å². The molecule has 1 rings (SSSR count). The van der Waals surface area contributed by atoms with Gasteiger partial charge in [0.2, 0.25) is 0 Å². The molecule has 0 aliphatic rings. The third-order valence-electron chi connectivity index (χ3n) is 0.865. The van der Waals surface area contributed by atoms with Crippen LogP contribution in [-0.4, -0.2) is 0 Å². The Balaban J connectivity index is 2.83. The van der Waals surface area contributed by atoms with Gasteiger partial charge >= 0.3 is 56.1 Å². The molecule has 0 saturated carbocycles. The van der Waals surface area contributed by atoms with E-state index in [2.05, 4.69) is 20.1 Å². The molecule has 0 atom stereocenters. The topological polar surface area (TPSA) is 12.0 Å². The van der Waals surface area contributed by atoms with Crippen molar-refractivity contribution in [3.8, 4) is 0 Å². The van der Waals surface area contributed by atoms with Gasteiger partial charge in [-0.15, -0.1) is 0 Å². The first-order valence-electron chi connectivity index (χ1n) is 2.32. The molecule has 1 aromatic rings. The molecular formula is C6H6NNi. The second-order valence-electron chi connectivity index (χ2n) is 1.45. The Morgan fingerprint density at radius 2 is 1.75 bits per heavy atom. The molecule has 0 aliphatic heterocycles. The second-order valence-corrected chi connectivity index (χ2v) is 1.69. The van der Waals surface area contributed by atoms with Crippen LogP contribution >= 0.6 is 0 Å². The molecule has 0 radical (unpaired) electrons. The van der Waals surface area contributed by atoms with Crippen molar-refractivity contribution in [2.24, 2.45) is 0 Å². The first-order valence-corrected chi connectivity index (χ1v) is 2.81. The van der Waals surface area contributed by atoms with Gasteiger partial charge < -0.3 is 0 Å². The van der Waals surface area contributed by atoms with E-state index in [-0.39, 0.29) is 0 Å². The van der Waals surface area contributed by atoms with Crippen LogP contribution in [0, 0.1) is 0 Å². The summed E-state index contributed by atoms with van der Waals surface area (Å²) in [6.45, 7) is 0. The summed E-state index contributed by atoms with van der Waals surface area (Å²) in [5, 5.41) is 0.